The summed E-state index contributed by atoms with van der Waals surface area (Å²) in [7, 11) is 3.11. The highest BCUT2D eigenvalue weighted by Gasteiger charge is 2.29. The van der Waals surface area contributed by atoms with Gasteiger partial charge in [-0.2, -0.15) is 0 Å². The minimum absolute atomic E-state index is 0.0416. The predicted octanol–water partition coefficient (Wildman–Crippen LogP) is 2.33. The molecular weight excluding hydrogens is 296 g/mol. The predicted molar refractivity (Wildman–Crippen MR) is 87.2 cm³/mol. The number of piperidine rings is 1. The SMILES string of the molecule is CCNC(=O)N1CCC[C@H](C(=O)c2ccc(OC)c(OC)c2)C1. The van der Waals surface area contributed by atoms with E-state index in [-0.39, 0.29) is 17.7 Å². The molecule has 0 aliphatic carbocycles. The standard InChI is InChI=1S/C17H24N2O4/c1-4-18-17(21)19-9-5-6-13(11-19)16(20)12-7-8-14(22-2)15(10-12)23-3/h7-8,10,13H,4-6,9,11H2,1-3H3,(H,18,21)/t13-/m0/s1. The molecule has 23 heavy (non-hydrogen) atoms. The Morgan fingerprint density at radius 2 is 2.00 bits per heavy atom. The van der Waals surface area contributed by atoms with E-state index in [4.69, 9.17) is 9.47 Å². The second-order valence-electron chi connectivity index (χ2n) is 5.55. The normalized spacial score (nSPS) is 17.5. The summed E-state index contributed by atoms with van der Waals surface area (Å²) in [5.41, 5.74) is 0.588. The molecule has 1 aliphatic heterocycles. The molecule has 1 aromatic rings. The van der Waals surface area contributed by atoms with Gasteiger partial charge in [0.2, 0.25) is 0 Å². The Kier molecular flexibility index (Phi) is 5.84. The Morgan fingerprint density at radius 3 is 2.65 bits per heavy atom. The van der Waals surface area contributed by atoms with Crippen LogP contribution >= 0.6 is 0 Å². The average molecular weight is 320 g/mol. The quantitative estimate of drug-likeness (QED) is 0.846. The van der Waals surface area contributed by atoms with Gasteiger partial charge in [0.15, 0.2) is 17.3 Å². The van der Waals surface area contributed by atoms with Crippen LogP contribution in [-0.4, -0.2) is 50.6 Å². The number of urea groups is 1. The summed E-state index contributed by atoms with van der Waals surface area (Å²) >= 11 is 0. The van der Waals surface area contributed by atoms with Gasteiger partial charge in [0.25, 0.3) is 0 Å². The second-order valence-corrected chi connectivity index (χ2v) is 5.55. The highest BCUT2D eigenvalue weighted by atomic mass is 16.5. The van der Waals surface area contributed by atoms with Crippen LogP contribution in [0.1, 0.15) is 30.1 Å². The number of rotatable bonds is 5. The van der Waals surface area contributed by atoms with Crippen molar-refractivity contribution in [3.05, 3.63) is 23.8 Å². The molecular formula is C17H24N2O4. The molecule has 1 atom stereocenters. The number of benzene rings is 1. The third kappa shape index (κ3) is 3.94. The van der Waals surface area contributed by atoms with Crippen LogP contribution in [0.3, 0.4) is 0 Å². The van der Waals surface area contributed by atoms with E-state index in [9.17, 15) is 9.59 Å². The summed E-state index contributed by atoms with van der Waals surface area (Å²) in [5.74, 6) is 0.996. The lowest BCUT2D eigenvalue weighted by Crippen LogP contribution is -2.47. The molecule has 0 saturated carbocycles. The molecule has 0 radical (unpaired) electrons. The number of methoxy groups -OCH3 is 2. The van der Waals surface area contributed by atoms with E-state index in [0.29, 0.717) is 36.7 Å². The van der Waals surface area contributed by atoms with Gasteiger partial charge in [0.1, 0.15) is 0 Å². The van der Waals surface area contributed by atoms with Crippen molar-refractivity contribution in [2.24, 2.45) is 5.92 Å². The minimum atomic E-state index is -0.176. The Hall–Kier alpha value is -2.24. The lowest BCUT2D eigenvalue weighted by atomic mass is 9.90. The lowest BCUT2D eigenvalue weighted by Gasteiger charge is -2.32. The van der Waals surface area contributed by atoms with Crippen LogP contribution in [0, 0.1) is 5.92 Å². The lowest BCUT2D eigenvalue weighted by molar-refractivity contribution is 0.0845. The molecule has 1 N–H and O–H groups in total. The number of ether oxygens (including phenoxy) is 2. The van der Waals surface area contributed by atoms with Crippen molar-refractivity contribution in [1.82, 2.24) is 10.2 Å². The fraction of sp³-hybridized carbons (Fsp3) is 0.529. The largest absolute Gasteiger partial charge is 0.493 e. The average Bonchev–Trinajstić information content (AvgIpc) is 2.60. The van der Waals surface area contributed by atoms with E-state index in [1.807, 2.05) is 6.92 Å². The van der Waals surface area contributed by atoms with E-state index < -0.39 is 0 Å². The number of nitrogens with one attached hydrogen (secondary N) is 1. The van der Waals surface area contributed by atoms with Gasteiger partial charge >= 0.3 is 6.03 Å². The minimum Gasteiger partial charge on any atom is -0.493 e. The van der Waals surface area contributed by atoms with E-state index in [0.717, 1.165) is 12.8 Å². The Balaban J connectivity index is 2.12. The third-order valence-corrected chi connectivity index (χ3v) is 4.08. The number of nitrogens with zero attached hydrogens (tertiary/aromatic N) is 1. The van der Waals surface area contributed by atoms with Crippen LogP contribution in [0.15, 0.2) is 18.2 Å². The van der Waals surface area contributed by atoms with Gasteiger partial charge in [-0.25, -0.2) is 4.79 Å². The van der Waals surface area contributed by atoms with E-state index in [1.54, 1.807) is 37.3 Å². The Bertz CT molecular complexity index is 574. The highest BCUT2D eigenvalue weighted by Crippen LogP contribution is 2.30. The van der Waals surface area contributed by atoms with Crippen LogP contribution in [0.5, 0.6) is 11.5 Å². The molecule has 0 unspecified atom stereocenters. The molecule has 2 amide bonds. The first-order valence-corrected chi connectivity index (χ1v) is 7.89. The fourth-order valence-electron chi connectivity index (χ4n) is 2.86. The highest BCUT2D eigenvalue weighted by molar-refractivity contribution is 5.99. The summed E-state index contributed by atoms with van der Waals surface area (Å²) in [4.78, 5) is 26.4. The summed E-state index contributed by atoms with van der Waals surface area (Å²) in [6, 6.07) is 5.08. The van der Waals surface area contributed by atoms with Crippen LogP contribution < -0.4 is 14.8 Å². The number of carbonyl (C=O) groups excluding carboxylic acids is 2. The van der Waals surface area contributed by atoms with Gasteiger partial charge in [-0.15, -0.1) is 0 Å². The van der Waals surface area contributed by atoms with Crippen molar-refractivity contribution in [2.75, 3.05) is 33.9 Å². The molecule has 2 rings (SSSR count). The third-order valence-electron chi connectivity index (χ3n) is 4.08. The number of carbonyl (C=O) groups is 2. The summed E-state index contributed by atoms with van der Waals surface area (Å²) in [6.45, 7) is 3.62. The van der Waals surface area contributed by atoms with Gasteiger partial charge in [-0.05, 0) is 38.0 Å². The smallest absolute Gasteiger partial charge is 0.317 e. The first-order valence-electron chi connectivity index (χ1n) is 7.89. The molecule has 126 valence electrons. The number of likely N-dealkylation sites (tertiary alicyclic amines) is 1. The number of amides is 2. The molecule has 0 bridgehead atoms. The molecule has 1 aliphatic rings. The van der Waals surface area contributed by atoms with Gasteiger partial charge in [-0.1, -0.05) is 0 Å². The van der Waals surface area contributed by atoms with Gasteiger partial charge < -0.3 is 19.7 Å². The number of hydrogen-bond acceptors (Lipinski definition) is 4. The van der Waals surface area contributed by atoms with Crippen LogP contribution in [-0.2, 0) is 0 Å². The first kappa shape index (κ1) is 17.1. The topological polar surface area (TPSA) is 67.9 Å². The number of Topliss-reactive ketones (excluding diaryl/α,β-unsaturated/α-hetero) is 1. The van der Waals surface area contributed by atoms with Gasteiger partial charge in [0, 0.05) is 31.1 Å². The van der Waals surface area contributed by atoms with Crippen molar-refractivity contribution in [1.29, 1.82) is 0 Å². The summed E-state index contributed by atoms with van der Waals surface area (Å²) in [6.07, 6.45) is 1.63. The van der Waals surface area contributed by atoms with Crippen molar-refractivity contribution in [3.8, 4) is 11.5 Å². The first-order chi connectivity index (χ1) is 11.1. The molecule has 6 nitrogen and oxygen atoms in total. The van der Waals surface area contributed by atoms with Crippen molar-refractivity contribution in [2.45, 2.75) is 19.8 Å². The molecule has 1 fully saturated rings. The van der Waals surface area contributed by atoms with E-state index in [2.05, 4.69) is 5.32 Å². The Labute approximate surface area is 136 Å². The van der Waals surface area contributed by atoms with Gasteiger partial charge in [-0.3, -0.25) is 4.79 Å². The van der Waals surface area contributed by atoms with Crippen LogP contribution in [0.2, 0.25) is 0 Å². The van der Waals surface area contributed by atoms with Crippen LogP contribution in [0.4, 0.5) is 4.79 Å². The van der Waals surface area contributed by atoms with Crippen LogP contribution in [0.25, 0.3) is 0 Å². The second kappa shape index (κ2) is 7.85. The van der Waals surface area contributed by atoms with Crippen molar-refractivity contribution < 1.29 is 19.1 Å². The molecule has 1 heterocycles. The summed E-state index contributed by atoms with van der Waals surface area (Å²) < 4.78 is 10.4. The molecule has 0 spiro atoms. The van der Waals surface area contributed by atoms with E-state index >= 15 is 0 Å². The molecule has 1 aromatic carbocycles. The monoisotopic (exact) mass is 320 g/mol. The summed E-state index contributed by atoms with van der Waals surface area (Å²) in [5, 5.41) is 2.79. The number of hydrogen-bond donors (Lipinski definition) is 1. The van der Waals surface area contributed by atoms with E-state index in [1.165, 1.54) is 0 Å². The van der Waals surface area contributed by atoms with Gasteiger partial charge in [0.05, 0.1) is 14.2 Å². The molecule has 6 heteroatoms. The van der Waals surface area contributed by atoms with Crippen molar-refractivity contribution >= 4 is 11.8 Å². The number of ketones is 1. The maximum atomic E-state index is 12.7. The zero-order chi connectivity index (χ0) is 16.8. The zero-order valence-electron chi connectivity index (χ0n) is 13.9. The maximum Gasteiger partial charge on any atom is 0.317 e. The zero-order valence-corrected chi connectivity index (χ0v) is 13.9. The van der Waals surface area contributed by atoms with Crippen molar-refractivity contribution in [3.63, 3.8) is 0 Å². The maximum absolute atomic E-state index is 12.7. The molecule has 0 aromatic heterocycles. The Morgan fingerprint density at radius 1 is 1.26 bits per heavy atom. The fourth-order valence-corrected chi connectivity index (χ4v) is 2.86. The molecule has 1 saturated heterocycles.